The molecule has 0 unspecified atom stereocenters. The number of aliphatic carboxylic acids is 1. The lowest BCUT2D eigenvalue weighted by molar-refractivity contribution is -0.139. The molecule has 1 aliphatic rings. The van der Waals surface area contributed by atoms with Gasteiger partial charge in [0.15, 0.2) is 0 Å². The van der Waals surface area contributed by atoms with Gasteiger partial charge in [0, 0.05) is 11.4 Å². The smallest absolute Gasteiger partial charge is 0.320 e. The Morgan fingerprint density at radius 1 is 1.78 bits per heavy atom. The van der Waals surface area contributed by atoms with Crippen LogP contribution in [0.25, 0.3) is 0 Å². The summed E-state index contributed by atoms with van der Waals surface area (Å²) in [6.07, 6.45) is 0.690. The van der Waals surface area contributed by atoms with Gasteiger partial charge < -0.3 is 10.4 Å². The minimum Gasteiger partial charge on any atom is -0.480 e. The van der Waals surface area contributed by atoms with Gasteiger partial charge >= 0.3 is 5.97 Å². The summed E-state index contributed by atoms with van der Waals surface area (Å²) in [6, 6.07) is -0.339. The molecule has 0 bridgehead atoms. The Hall–Kier alpha value is -0.0900. The lowest BCUT2D eigenvalue weighted by Crippen LogP contribution is -2.29. The predicted molar refractivity (Wildman–Crippen MR) is 36.8 cm³/mol. The summed E-state index contributed by atoms with van der Waals surface area (Å²) in [4.78, 5) is 10.6. The number of carboxylic acids is 1. The van der Waals surface area contributed by atoms with Crippen LogP contribution in [0.1, 0.15) is 6.42 Å². The standard InChI is InChI=1S/C5H8BrNO2/c6-3-1-4(5(8)9)7-2-3/h3-4,7H,1-2H2,(H,8,9)/t3-,4-/m0/s1. The Morgan fingerprint density at radius 2 is 2.44 bits per heavy atom. The van der Waals surface area contributed by atoms with Gasteiger partial charge in [0.2, 0.25) is 0 Å². The lowest BCUT2D eigenvalue weighted by atomic mass is 10.2. The molecule has 52 valence electrons. The van der Waals surface area contributed by atoms with Gasteiger partial charge in [0.25, 0.3) is 0 Å². The van der Waals surface area contributed by atoms with Crippen molar-refractivity contribution in [1.82, 2.24) is 5.32 Å². The van der Waals surface area contributed by atoms with Gasteiger partial charge in [0.1, 0.15) is 6.04 Å². The zero-order valence-electron chi connectivity index (χ0n) is 4.80. The first-order valence-electron chi connectivity index (χ1n) is 2.80. The number of carboxylic acid groups (broad SMARTS) is 1. The highest BCUT2D eigenvalue weighted by Gasteiger charge is 2.26. The van der Waals surface area contributed by atoms with Crippen LogP contribution >= 0.6 is 15.9 Å². The number of hydrogen-bond acceptors (Lipinski definition) is 2. The zero-order valence-corrected chi connectivity index (χ0v) is 6.39. The first kappa shape index (κ1) is 7.02. The zero-order chi connectivity index (χ0) is 6.85. The quantitative estimate of drug-likeness (QED) is 0.586. The van der Waals surface area contributed by atoms with Crippen LogP contribution < -0.4 is 5.32 Å². The van der Waals surface area contributed by atoms with E-state index in [2.05, 4.69) is 21.2 Å². The van der Waals surface area contributed by atoms with Crippen molar-refractivity contribution in [2.75, 3.05) is 6.54 Å². The van der Waals surface area contributed by atoms with Crippen LogP contribution in [0.5, 0.6) is 0 Å². The minimum absolute atomic E-state index is 0.332. The van der Waals surface area contributed by atoms with Crippen LogP contribution in [0.15, 0.2) is 0 Å². The van der Waals surface area contributed by atoms with Gasteiger partial charge in [-0.1, -0.05) is 15.9 Å². The van der Waals surface area contributed by atoms with Gasteiger partial charge in [-0.15, -0.1) is 0 Å². The second kappa shape index (κ2) is 2.66. The molecule has 1 fully saturated rings. The van der Waals surface area contributed by atoms with Crippen molar-refractivity contribution in [3.63, 3.8) is 0 Å². The summed E-state index contributed by atoms with van der Waals surface area (Å²) < 4.78 is 0. The second-order valence-corrected chi connectivity index (χ2v) is 3.43. The molecule has 9 heavy (non-hydrogen) atoms. The molecule has 0 radical (unpaired) electrons. The first-order valence-corrected chi connectivity index (χ1v) is 3.72. The number of nitrogens with one attached hydrogen (secondary N) is 1. The monoisotopic (exact) mass is 193 g/mol. The lowest BCUT2D eigenvalue weighted by Gasteiger charge is -1.99. The van der Waals surface area contributed by atoms with E-state index < -0.39 is 5.97 Å². The molecule has 4 heteroatoms. The van der Waals surface area contributed by atoms with Crippen molar-refractivity contribution >= 4 is 21.9 Å². The fraction of sp³-hybridized carbons (Fsp3) is 0.800. The molecule has 0 aliphatic carbocycles. The molecule has 1 saturated heterocycles. The average molecular weight is 194 g/mol. The Kier molecular flexibility index (Phi) is 2.08. The third-order valence-corrected chi connectivity index (χ3v) is 2.07. The number of hydrogen-bond donors (Lipinski definition) is 2. The summed E-state index contributed by atoms with van der Waals surface area (Å²) >= 11 is 3.32. The second-order valence-electron chi connectivity index (χ2n) is 2.13. The maximum Gasteiger partial charge on any atom is 0.320 e. The molecule has 0 aromatic rings. The Balaban J connectivity index is 2.39. The highest BCUT2D eigenvalue weighted by molar-refractivity contribution is 9.09. The topological polar surface area (TPSA) is 49.3 Å². The molecule has 0 spiro atoms. The summed E-state index contributed by atoms with van der Waals surface area (Å²) in [6.45, 7) is 0.761. The minimum atomic E-state index is -0.753. The highest BCUT2D eigenvalue weighted by atomic mass is 79.9. The summed E-state index contributed by atoms with van der Waals surface area (Å²) in [5.74, 6) is -0.753. The Morgan fingerprint density at radius 3 is 2.67 bits per heavy atom. The van der Waals surface area contributed by atoms with E-state index in [1.165, 1.54) is 0 Å². The molecule has 0 aromatic carbocycles. The molecule has 0 aromatic heterocycles. The molecule has 1 rings (SSSR count). The third-order valence-electron chi connectivity index (χ3n) is 1.38. The number of carbonyl (C=O) groups is 1. The predicted octanol–water partition coefficient (Wildman–Crippen LogP) is 0.196. The van der Waals surface area contributed by atoms with Crippen LogP contribution in [0.3, 0.4) is 0 Å². The van der Waals surface area contributed by atoms with Gasteiger partial charge in [-0.2, -0.15) is 0 Å². The van der Waals surface area contributed by atoms with E-state index in [-0.39, 0.29) is 6.04 Å². The maximum atomic E-state index is 10.3. The number of alkyl halides is 1. The van der Waals surface area contributed by atoms with Crippen molar-refractivity contribution in [2.45, 2.75) is 17.3 Å². The van der Waals surface area contributed by atoms with Crippen molar-refractivity contribution < 1.29 is 9.90 Å². The van der Waals surface area contributed by atoms with Crippen LogP contribution in [-0.2, 0) is 4.79 Å². The fourth-order valence-corrected chi connectivity index (χ4v) is 1.44. The average Bonchev–Trinajstić information content (AvgIpc) is 2.14. The van der Waals surface area contributed by atoms with E-state index in [0.717, 1.165) is 6.54 Å². The fourth-order valence-electron chi connectivity index (χ4n) is 0.881. The van der Waals surface area contributed by atoms with Gasteiger partial charge in [-0.3, -0.25) is 4.79 Å². The third kappa shape index (κ3) is 1.66. The number of rotatable bonds is 1. The normalized spacial score (nSPS) is 34.8. The largest absolute Gasteiger partial charge is 0.480 e. The van der Waals surface area contributed by atoms with E-state index in [9.17, 15) is 4.79 Å². The van der Waals surface area contributed by atoms with Crippen LogP contribution in [-0.4, -0.2) is 28.5 Å². The molecular weight excluding hydrogens is 186 g/mol. The molecule has 2 atom stereocenters. The summed E-state index contributed by atoms with van der Waals surface area (Å²) in [5.41, 5.74) is 0. The van der Waals surface area contributed by atoms with E-state index in [0.29, 0.717) is 11.2 Å². The van der Waals surface area contributed by atoms with Crippen molar-refractivity contribution in [1.29, 1.82) is 0 Å². The highest BCUT2D eigenvalue weighted by Crippen LogP contribution is 2.13. The van der Waals surface area contributed by atoms with Crippen molar-refractivity contribution in [3.8, 4) is 0 Å². The van der Waals surface area contributed by atoms with Crippen LogP contribution in [0.2, 0.25) is 0 Å². The molecular formula is C5H8BrNO2. The molecule has 0 amide bonds. The summed E-state index contributed by atoms with van der Waals surface area (Å²) in [5, 5.41) is 11.3. The Bertz CT molecular complexity index is 128. The van der Waals surface area contributed by atoms with Gasteiger partial charge in [-0.05, 0) is 6.42 Å². The molecule has 3 nitrogen and oxygen atoms in total. The van der Waals surface area contributed by atoms with Crippen LogP contribution in [0, 0.1) is 0 Å². The van der Waals surface area contributed by atoms with Crippen molar-refractivity contribution in [3.05, 3.63) is 0 Å². The van der Waals surface area contributed by atoms with E-state index in [4.69, 9.17) is 5.11 Å². The number of halogens is 1. The molecule has 1 aliphatic heterocycles. The summed E-state index contributed by atoms with van der Waals surface area (Å²) in [7, 11) is 0. The maximum absolute atomic E-state index is 10.3. The Labute approximate surface area is 61.6 Å². The first-order chi connectivity index (χ1) is 4.20. The molecule has 1 heterocycles. The van der Waals surface area contributed by atoms with Gasteiger partial charge in [-0.25, -0.2) is 0 Å². The van der Waals surface area contributed by atoms with Gasteiger partial charge in [0.05, 0.1) is 0 Å². The van der Waals surface area contributed by atoms with Crippen LogP contribution in [0.4, 0.5) is 0 Å². The SMILES string of the molecule is O=C(O)[C@@H]1C[C@H](Br)CN1. The molecule has 0 saturated carbocycles. The van der Waals surface area contributed by atoms with E-state index >= 15 is 0 Å². The van der Waals surface area contributed by atoms with E-state index in [1.54, 1.807) is 0 Å². The van der Waals surface area contributed by atoms with Crippen molar-refractivity contribution in [2.24, 2.45) is 0 Å². The van der Waals surface area contributed by atoms with E-state index in [1.807, 2.05) is 0 Å². The molecule has 2 N–H and O–H groups in total.